The fourth-order valence-electron chi connectivity index (χ4n) is 11.3. The van der Waals surface area contributed by atoms with E-state index in [1.807, 2.05) is 12.1 Å². The van der Waals surface area contributed by atoms with E-state index >= 15 is 0 Å². The van der Waals surface area contributed by atoms with Gasteiger partial charge in [0, 0.05) is 61.3 Å². The van der Waals surface area contributed by atoms with Crippen LogP contribution in [0.4, 0.5) is 11.4 Å². The maximum atomic E-state index is 7.48. The molecule has 0 saturated carbocycles. The third-order valence-corrected chi connectivity index (χ3v) is 14.6. The van der Waals surface area contributed by atoms with E-state index in [-0.39, 0.29) is 12.1 Å². The third kappa shape index (κ3) is 8.55. The quantitative estimate of drug-likeness (QED) is 0.0555. The SMILES string of the molecule is NC(NC(=NCc1ccccc1)c1ccccc1)c1c2ccccc2c(-n2c3c(c4cc(N(C5=CCCC=C5)C5C=CC=CC5)ccc42)C=C(N(c2ccccc2)C2C=CC=CC2)CC3)c2ccccc12. The molecule has 6 heteroatoms. The molecule has 7 aromatic carbocycles. The summed E-state index contributed by atoms with van der Waals surface area (Å²) in [6.07, 6.45) is 32.9. The van der Waals surface area contributed by atoms with Crippen molar-refractivity contribution >= 4 is 55.7 Å². The van der Waals surface area contributed by atoms with Crippen LogP contribution < -0.4 is 20.9 Å². The van der Waals surface area contributed by atoms with Gasteiger partial charge in [-0.15, -0.1) is 0 Å². The van der Waals surface area contributed by atoms with E-state index in [0.29, 0.717) is 6.54 Å². The molecule has 348 valence electrons. The molecule has 0 aliphatic heterocycles. The number of hydrogen-bond donors (Lipinski definition) is 2. The highest BCUT2D eigenvalue weighted by Crippen LogP contribution is 2.45. The molecule has 3 unspecified atom stereocenters. The van der Waals surface area contributed by atoms with Crippen LogP contribution >= 0.6 is 0 Å². The lowest BCUT2D eigenvalue weighted by molar-refractivity contribution is 0.689. The predicted molar refractivity (Wildman–Crippen MR) is 299 cm³/mol. The zero-order chi connectivity index (χ0) is 47.5. The van der Waals surface area contributed by atoms with E-state index in [1.54, 1.807) is 0 Å². The maximum absolute atomic E-state index is 7.48. The molecule has 6 nitrogen and oxygen atoms in total. The second-order valence-electron chi connectivity index (χ2n) is 18.9. The molecule has 0 radical (unpaired) electrons. The Labute approximate surface area is 417 Å². The summed E-state index contributed by atoms with van der Waals surface area (Å²) in [5.74, 6) is 0.764. The van der Waals surface area contributed by atoms with Crippen LogP contribution in [0.1, 0.15) is 66.2 Å². The highest BCUT2D eigenvalue weighted by atomic mass is 15.2. The molecular weight excluding hydrogens is 865 g/mol. The minimum Gasteiger partial charge on any atom is -0.351 e. The summed E-state index contributed by atoms with van der Waals surface area (Å²) in [5, 5.41) is 9.53. The lowest BCUT2D eigenvalue weighted by Crippen LogP contribution is -2.35. The number of allylic oxidation sites excluding steroid dienone is 8. The summed E-state index contributed by atoms with van der Waals surface area (Å²) < 4.78 is 2.61. The number of fused-ring (bicyclic) bond motifs is 5. The normalized spacial score (nSPS) is 17.8. The van der Waals surface area contributed by atoms with Crippen LogP contribution in [-0.2, 0) is 13.0 Å². The summed E-state index contributed by atoms with van der Waals surface area (Å²) in [6, 6.07) is 57.1. The fourth-order valence-corrected chi connectivity index (χ4v) is 11.3. The van der Waals surface area contributed by atoms with E-state index < -0.39 is 6.17 Å². The van der Waals surface area contributed by atoms with Crippen LogP contribution in [0.25, 0.3) is 44.2 Å². The molecule has 0 saturated heterocycles. The Kier molecular flexibility index (Phi) is 12.2. The number of nitrogens with zero attached hydrogens (tertiary/aromatic N) is 4. The molecule has 0 fully saturated rings. The predicted octanol–water partition coefficient (Wildman–Crippen LogP) is 14.7. The average molecular weight is 923 g/mol. The monoisotopic (exact) mass is 922 g/mol. The highest BCUT2D eigenvalue weighted by molar-refractivity contribution is 6.13. The van der Waals surface area contributed by atoms with Crippen molar-refractivity contribution < 1.29 is 0 Å². The van der Waals surface area contributed by atoms with E-state index in [4.69, 9.17) is 10.7 Å². The molecule has 0 bridgehead atoms. The van der Waals surface area contributed by atoms with Gasteiger partial charge in [-0.2, -0.15) is 0 Å². The minimum absolute atomic E-state index is 0.208. The Morgan fingerprint density at radius 2 is 1.25 bits per heavy atom. The first-order valence-electron chi connectivity index (χ1n) is 25.3. The maximum Gasteiger partial charge on any atom is 0.130 e. The number of amidine groups is 1. The van der Waals surface area contributed by atoms with Gasteiger partial charge >= 0.3 is 0 Å². The number of benzene rings is 7. The van der Waals surface area contributed by atoms with Crippen molar-refractivity contribution in [1.82, 2.24) is 9.88 Å². The Balaban J connectivity index is 1.06. The molecule has 3 N–H and O–H groups in total. The van der Waals surface area contributed by atoms with E-state index in [9.17, 15) is 0 Å². The Hall–Kier alpha value is -8.19. The van der Waals surface area contributed by atoms with Crippen LogP contribution in [0.15, 0.2) is 241 Å². The smallest absolute Gasteiger partial charge is 0.130 e. The highest BCUT2D eigenvalue weighted by Gasteiger charge is 2.31. The largest absolute Gasteiger partial charge is 0.351 e. The molecule has 0 amide bonds. The Morgan fingerprint density at radius 1 is 0.620 bits per heavy atom. The molecule has 8 aromatic rings. The first-order valence-corrected chi connectivity index (χ1v) is 25.3. The summed E-state index contributed by atoms with van der Waals surface area (Å²) in [7, 11) is 0. The number of anilines is 2. The Bertz CT molecular complexity index is 3460. The number of aromatic nitrogens is 1. The summed E-state index contributed by atoms with van der Waals surface area (Å²) >= 11 is 0. The lowest BCUT2D eigenvalue weighted by Gasteiger charge is -2.36. The number of nitrogens with two attached hydrogens (primary N) is 1. The first-order chi connectivity index (χ1) is 35.2. The molecule has 71 heavy (non-hydrogen) atoms. The van der Waals surface area contributed by atoms with Crippen molar-refractivity contribution in [3.63, 3.8) is 0 Å². The fraction of sp³-hybridized carbons (Fsp3) is 0.154. The van der Waals surface area contributed by atoms with Gasteiger partial charge in [0.15, 0.2) is 0 Å². The molecule has 1 heterocycles. The van der Waals surface area contributed by atoms with Crippen molar-refractivity contribution in [2.45, 2.75) is 63.3 Å². The van der Waals surface area contributed by atoms with Gasteiger partial charge in [0.2, 0.25) is 0 Å². The zero-order valence-corrected chi connectivity index (χ0v) is 40.0. The molecule has 4 aliphatic rings. The van der Waals surface area contributed by atoms with Crippen molar-refractivity contribution in [1.29, 1.82) is 0 Å². The van der Waals surface area contributed by atoms with Crippen LogP contribution in [0.3, 0.4) is 0 Å². The molecule has 3 atom stereocenters. The van der Waals surface area contributed by atoms with Crippen LogP contribution in [0, 0.1) is 0 Å². The lowest BCUT2D eigenvalue weighted by atomic mass is 9.92. The average Bonchev–Trinajstić information content (AvgIpc) is 3.75. The van der Waals surface area contributed by atoms with Gasteiger partial charge in [0.05, 0.1) is 29.8 Å². The van der Waals surface area contributed by atoms with Crippen molar-refractivity contribution in [3.05, 3.63) is 264 Å². The minimum atomic E-state index is -0.567. The first kappa shape index (κ1) is 44.0. The summed E-state index contributed by atoms with van der Waals surface area (Å²) in [5.41, 5.74) is 20.6. The molecule has 0 spiro atoms. The van der Waals surface area contributed by atoms with Gasteiger partial charge in [-0.25, -0.2) is 0 Å². The van der Waals surface area contributed by atoms with Crippen LogP contribution in [0.5, 0.6) is 0 Å². The van der Waals surface area contributed by atoms with Crippen LogP contribution in [0.2, 0.25) is 0 Å². The Morgan fingerprint density at radius 3 is 1.90 bits per heavy atom. The van der Waals surface area contributed by atoms with Gasteiger partial charge in [0.1, 0.15) is 12.0 Å². The topological polar surface area (TPSA) is 61.8 Å². The third-order valence-electron chi connectivity index (χ3n) is 14.6. The molecule has 1 aromatic heterocycles. The number of aliphatic imine (C=N–C) groups is 1. The summed E-state index contributed by atoms with van der Waals surface area (Å²) in [4.78, 5) is 10.3. The standard InChI is InChI=1S/C65H58N6/c66-64(68-65(47-25-9-2-10-26-47)67-45-46-23-7-1-8-24-46)62-54-35-19-21-37-56(54)63(57-38-22-20-36-55(57)62)71-60-41-39-52(69(48-27-11-3-12-28-48)49-29-13-4-14-30-49)43-58(60)59-44-53(40-42-61(59)71)70(50-31-15-5-16-32-50)51-33-17-6-18-34-51/h1-5,7-17,19-29,31,33-38,40,42-44,49-50,64H,6,18,30,32,39,41,45,66H2,(H,67,68). The number of rotatable bonds is 12. The van der Waals surface area contributed by atoms with Crippen LogP contribution in [-0.4, -0.2) is 22.5 Å². The van der Waals surface area contributed by atoms with E-state index in [1.165, 1.54) is 50.6 Å². The van der Waals surface area contributed by atoms with Gasteiger partial charge in [-0.3, -0.25) is 4.99 Å². The van der Waals surface area contributed by atoms with Gasteiger partial charge in [-0.05, 0) is 97.3 Å². The number of para-hydroxylation sites is 1. The van der Waals surface area contributed by atoms with Crippen molar-refractivity contribution in [2.24, 2.45) is 10.7 Å². The zero-order valence-electron chi connectivity index (χ0n) is 40.0. The molecule has 12 rings (SSSR count). The van der Waals surface area contributed by atoms with E-state index in [0.717, 1.165) is 82.6 Å². The van der Waals surface area contributed by atoms with Gasteiger partial charge in [0.25, 0.3) is 0 Å². The van der Waals surface area contributed by atoms with E-state index in [2.05, 4.69) is 238 Å². The molecular formula is C65H58N6. The van der Waals surface area contributed by atoms with Crippen molar-refractivity contribution in [2.75, 3.05) is 9.80 Å². The molecule has 4 aliphatic carbocycles. The second kappa shape index (κ2) is 19.7. The second-order valence-corrected chi connectivity index (χ2v) is 18.9. The summed E-state index contributed by atoms with van der Waals surface area (Å²) in [6.45, 7) is 0.535. The number of nitrogens with one attached hydrogen (secondary N) is 1. The van der Waals surface area contributed by atoms with Gasteiger partial charge < -0.3 is 25.4 Å². The number of hydrogen-bond acceptors (Lipinski definition) is 4. The van der Waals surface area contributed by atoms with Gasteiger partial charge in [-0.1, -0.05) is 188 Å². The van der Waals surface area contributed by atoms with Crippen molar-refractivity contribution in [3.8, 4) is 5.69 Å².